The van der Waals surface area contributed by atoms with Crippen LogP contribution < -0.4 is 15.5 Å². The summed E-state index contributed by atoms with van der Waals surface area (Å²) in [4.78, 5) is 14.3. The number of nitrogens with zero attached hydrogens (tertiary/aromatic N) is 1. The number of hydrogen-bond acceptors (Lipinski definition) is 3. The molecule has 1 aromatic rings. The second kappa shape index (κ2) is 6.27. The van der Waals surface area contributed by atoms with E-state index < -0.39 is 0 Å². The van der Waals surface area contributed by atoms with Gasteiger partial charge in [0.05, 0.1) is 5.92 Å². The highest BCUT2D eigenvalue weighted by Gasteiger charge is 2.22. The Morgan fingerprint density at radius 3 is 3.15 bits per heavy atom. The van der Waals surface area contributed by atoms with Gasteiger partial charge in [-0.05, 0) is 37.4 Å². The molecule has 1 amide bonds. The summed E-state index contributed by atoms with van der Waals surface area (Å²) in [5.41, 5.74) is 2.83. The fourth-order valence-electron chi connectivity index (χ4n) is 3.14. The lowest BCUT2D eigenvalue weighted by Crippen LogP contribution is -2.34. The number of fused-ring (bicyclic) bond motifs is 1. The molecule has 20 heavy (non-hydrogen) atoms. The van der Waals surface area contributed by atoms with Crippen LogP contribution in [0, 0.1) is 5.92 Å². The lowest BCUT2D eigenvalue weighted by atomic mass is 10.1. The van der Waals surface area contributed by atoms with Crippen molar-refractivity contribution in [2.75, 3.05) is 37.6 Å². The summed E-state index contributed by atoms with van der Waals surface area (Å²) in [7, 11) is 0. The van der Waals surface area contributed by atoms with Crippen molar-refractivity contribution in [1.29, 1.82) is 0 Å². The maximum absolute atomic E-state index is 11.9. The SMILES string of the molecule is O=C(NCCCN1CCc2ccccc21)C1CCNC1. The lowest BCUT2D eigenvalue weighted by Gasteiger charge is -2.19. The van der Waals surface area contributed by atoms with Gasteiger partial charge in [-0.15, -0.1) is 0 Å². The zero-order valence-electron chi connectivity index (χ0n) is 11.9. The van der Waals surface area contributed by atoms with Crippen LogP contribution in [0.5, 0.6) is 0 Å². The zero-order valence-corrected chi connectivity index (χ0v) is 11.9. The van der Waals surface area contributed by atoms with Gasteiger partial charge in [0.15, 0.2) is 0 Å². The van der Waals surface area contributed by atoms with Crippen molar-refractivity contribution < 1.29 is 4.79 Å². The van der Waals surface area contributed by atoms with Crippen molar-refractivity contribution in [1.82, 2.24) is 10.6 Å². The molecule has 0 saturated carbocycles. The number of rotatable bonds is 5. The Kier molecular flexibility index (Phi) is 4.21. The predicted octanol–water partition coefficient (Wildman–Crippen LogP) is 1.16. The van der Waals surface area contributed by atoms with Gasteiger partial charge in [0, 0.05) is 31.9 Å². The highest BCUT2D eigenvalue weighted by atomic mass is 16.1. The van der Waals surface area contributed by atoms with Crippen LogP contribution in [0.25, 0.3) is 0 Å². The smallest absolute Gasteiger partial charge is 0.224 e. The van der Waals surface area contributed by atoms with Crippen molar-refractivity contribution in [2.24, 2.45) is 5.92 Å². The van der Waals surface area contributed by atoms with Crippen LogP contribution in [-0.2, 0) is 11.2 Å². The van der Waals surface area contributed by atoms with Crippen molar-refractivity contribution in [3.8, 4) is 0 Å². The molecule has 4 heteroatoms. The summed E-state index contributed by atoms with van der Waals surface area (Å²) < 4.78 is 0. The van der Waals surface area contributed by atoms with Crippen LogP contribution in [0.2, 0.25) is 0 Å². The molecule has 1 unspecified atom stereocenters. The summed E-state index contributed by atoms with van der Waals surface area (Å²) in [5.74, 6) is 0.402. The largest absolute Gasteiger partial charge is 0.371 e. The number of amides is 1. The average Bonchev–Trinajstić information content (AvgIpc) is 3.13. The molecule has 2 N–H and O–H groups in total. The molecular formula is C16H23N3O. The van der Waals surface area contributed by atoms with Crippen molar-refractivity contribution in [2.45, 2.75) is 19.3 Å². The van der Waals surface area contributed by atoms with Crippen molar-refractivity contribution in [3.63, 3.8) is 0 Å². The maximum Gasteiger partial charge on any atom is 0.224 e. The van der Waals surface area contributed by atoms with Gasteiger partial charge in [-0.1, -0.05) is 18.2 Å². The highest BCUT2D eigenvalue weighted by Crippen LogP contribution is 2.27. The number of para-hydroxylation sites is 1. The molecule has 3 rings (SSSR count). The Balaban J connectivity index is 1.39. The van der Waals surface area contributed by atoms with Gasteiger partial charge in [0.1, 0.15) is 0 Å². The van der Waals surface area contributed by atoms with Crippen LogP contribution in [0.15, 0.2) is 24.3 Å². The van der Waals surface area contributed by atoms with Crippen LogP contribution >= 0.6 is 0 Å². The topological polar surface area (TPSA) is 44.4 Å². The molecule has 4 nitrogen and oxygen atoms in total. The Morgan fingerprint density at radius 1 is 1.40 bits per heavy atom. The van der Waals surface area contributed by atoms with E-state index in [1.54, 1.807) is 0 Å². The van der Waals surface area contributed by atoms with Crippen molar-refractivity contribution in [3.05, 3.63) is 29.8 Å². The molecule has 0 radical (unpaired) electrons. The Labute approximate surface area is 120 Å². The number of hydrogen-bond donors (Lipinski definition) is 2. The monoisotopic (exact) mass is 273 g/mol. The second-order valence-electron chi connectivity index (χ2n) is 5.70. The van der Waals surface area contributed by atoms with E-state index in [0.29, 0.717) is 0 Å². The molecule has 0 bridgehead atoms. The molecule has 1 atom stereocenters. The quantitative estimate of drug-likeness (QED) is 0.792. The molecule has 108 valence electrons. The van der Waals surface area contributed by atoms with E-state index in [4.69, 9.17) is 0 Å². The van der Waals surface area contributed by atoms with E-state index in [0.717, 1.165) is 52.0 Å². The first-order valence-electron chi connectivity index (χ1n) is 7.66. The van der Waals surface area contributed by atoms with E-state index in [9.17, 15) is 4.79 Å². The fraction of sp³-hybridized carbons (Fsp3) is 0.562. The Bertz CT molecular complexity index is 469. The van der Waals surface area contributed by atoms with Gasteiger partial charge in [0.2, 0.25) is 5.91 Å². The van der Waals surface area contributed by atoms with Gasteiger partial charge in [-0.3, -0.25) is 4.79 Å². The minimum absolute atomic E-state index is 0.183. The number of benzene rings is 1. The van der Waals surface area contributed by atoms with E-state index in [-0.39, 0.29) is 11.8 Å². The van der Waals surface area contributed by atoms with Crippen LogP contribution in [0.3, 0.4) is 0 Å². The first-order valence-corrected chi connectivity index (χ1v) is 7.66. The molecule has 0 aromatic heterocycles. The lowest BCUT2D eigenvalue weighted by molar-refractivity contribution is -0.124. The number of carbonyl (C=O) groups excluding carboxylic acids is 1. The Morgan fingerprint density at radius 2 is 2.30 bits per heavy atom. The fourth-order valence-corrected chi connectivity index (χ4v) is 3.14. The van der Waals surface area contributed by atoms with Crippen LogP contribution in [0.1, 0.15) is 18.4 Å². The summed E-state index contributed by atoms with van der Waals surface area (Å²) in [6.07, 6.45) is 3.14. The third-order valence-electron chi connectivity index (χ3n) is 4.32. The number of carbonyl (C=O) groups is 1. The first kappa shape index (κ1) is 13.4. The van der Waals surface area contributed by atoms with Gasteiger partial charge in [0.25, 0.3) is 0 Å². The van der Waals surface area contributed by atoms with E-state index >= 15 is 0 Å². The zero-order chi connectivity index (χ0) is 13.8. The highest BCUT2D eigenvalue weighted by molar-refractivity contribution is 5.79. The maximum atomic E-state index is 11.9. The summed E-state index contributed by atoms with van der Waals surface area (Å²) in [5, 5.41) is 6.30. The summed E-state index contributed by atoms with van der Waals surface area (Å²) >= 11 is 0. The normalized spacial score (nSPS) is 21.0. The van der Waals surface area contributed by atoms with E-state index in [2.05, 4.69) is 39.8 Å². The third-order valence-corrected chi connectivity index (χ3v) is 4.32. The molecule has 1 aromatic carbocycles. The molecule has 1 fully saturated rings. The van der Waals surface area contributed by atoms with Gasteiger partial charge < -0.3 is 15.5 Å². The van der Waals surface area contributed by atoms with Gasteiger partial charge in [-0.25, -0.2) is 0 Å². The standard InChI is InChI=1S/C16H23N3O/c20-16(14-6-9-17-12-14)18-8-3-10-19-11-7-13-4-1-2-5-15(13)19/h1-2,4-5,14,17H,3,6-12H2,(H,18,20). The Hall–Kier alpha value is -1.55. The van der Waals surface area contributed by atoms with Crippen molar-refractivity contribution >= 4 is 11.6 Å². The second-order valence-corrected chi connectivity index (χ2v) is 5.70. The molecule has 2 aliphatic heterocycles. The number of nitrogens with one attached hydrogen (secondary N) is 2. The molecule has 2 heterocycles. The predicted molar refractivity (Wildman–Crippen MR) is 81.0 cm³/mol. The average molecular weight is 273 g/mol. The minimum Gasteiger partial charge on any atom is -0.371 e. The van der Waals surface area contributed by atoms with E-state index in [1.165, 1.54) is 11.3 Å². The van der Waals surface area contributed by atoms with Gasteiger partial charge >= 0.3 is 0 Å². The molecule has 1 saturated heterocycles. The molecular weight excluding hydrogens is 250 g/mol. The molecule has 2 aliphatic rings. The number of anilines is 1. The van der Waals surface area contributed by atoms with Gasteiger partial charge in [-0.2, -0.15) is 0 Å². The molecule has 0 spiro atoms. The van der Waals surface area contributed by atoms with E-state index in [1.807, 2.05) is 0 Å². The third kappa shape index (κ3) is 2.96. The molecule has 0 aliphatic carbocycles. The summed E-state index contributed by atoms with van der Waals surface area (Å²) in [6, 6.07) is 8.62. The van der Waals surface area contributed by atoms with Crippen LogP contribution in [0.4, 0.5) is 5.69 Å². The minimum atomic E-state index is 0.183. The summed E-state index contributed by atoms with van der Waals surface area (Å²) in [6.45, 7) is 4.74. The van der Waals surface area contributed by atoms with Crippen LogP contribution in [-0.4, -0.2) is 38.6 Å². The first-order chi connectivity index (χ1) is 9.84.